The summed E-state index contributed by atoms with van der Waals surface area (Å²) in [5.74, 6) is 0. The van der Waals surface area contributed by atoms with E-state index in [0.717, 1.165) is 0 Å². The van der Waals surface area contributed by atoms with E-state index in [1.807, 2.05) is 0 Å². The van der Waals surface area contributed by atoms with Crippen LogP contribution in [0.1, 0.15) is 0 Å². The Kier molecular flexibility index (Phi) is 90.9. The first-order chi connectivity index (χ1) is 0. The van der Waals surface area contributed by atoms with Gasteiger partial charge in [-0.1, -0.05) is 0 Å². The van der Waals surface area contributed by atoms with Gasteiger partial charge in [0.15, 0.2) is 0 Å². The Morgan fingerprint density at radius 1 is 1.00 bits per heavy atom. The average molecular weight is 514 g/mol. The second-order valence-corrected chi connectivity index (χ2v) is 0. The maximum absolute atomic E-state index is 0. The summed E-state index contributed by atoms with van der Waals surface area (Å²) in [5.41, 5.74) is 0. The van der Waals surface area contributed by atoms with E-state index in [-0.39, 0.29) is 144 Å². The molecule has 0 aromatic heterocycles. The molecule has 0 unspecified atom stereocenters. The largest absolute Gasteiger partial charge is 0 e. The first kappa shape index (κ1) is 23.2. The van der Waals surface area contributed by atoms with E-state index in [0.29, 0.717) is 0 Å². The molecule has 0 atom stereocenters. The molecule has 0 aromatic rings. The molecule has 0 rings (SSSR count). The number of rotatable bonds is 0. The molecule has 4 heavy (non-hydrogen) atoms. The van der Waals surface area contributed by atoms with E-state index in [4.69, 9.17) is 0 Å². The Morgan fingerprint density at radius 3 is 1.00 bits per heavy atom. The number of hydrogen-bond donors (Lipinski definition) is 0. The maximum Gasteiger partial charge on any atom is 0 e. The molecular formula is CeLaNdZr. The van der Waals surface area contributed by atoms with Crippen molar-refractivity contribution in [2.45, 2.75) is 0 Å². The normalized spacial score (nSPS) is 0. The van der Waals surface area contributed by atoms with Gasteiger partial charge in [0, 0.05) is 144 Å². The van der Waals surface area contributed by atoms with Crippen LogP contribution in [-0.4, -0.2) is 0 Å². The molecule has 15 valence electrons. The molecule has 0 aromatic carbocycles. The minimum atomic E-state index is 0. The smallest absolute Gasteiger partial charge is 0 e. The van der Waals surface area contributed by atoms with Crippen molar-refractivity contribution in [3.63, 3.8) is 0 Å². The van der Waals surface area contributed by atoms with Gasteiger partial charge in [-0.15, -0.1) is 0 Å². The van der Waals surface area contributed by atoms with E-state index in [1.165, 1.54) is 0 Å². The Hall–Kier alpha value is 4.81. The third-order valence-corrected chi connectivity index (χ3v) is 0. The second kappa shape index (κ2) is 15.7. The van der Waals surface area contributed by atoms with Gasteiger partial charge in [0.05, 0.1) is 0 Å². The van der Waals surface area contributed by atoms with E-state index in [2.05, 4.69) is 0 Å². The van der Waals surface area contributed by atoms with Gasteiger partial charge < -0.3 is 0 Å². The van der Waals surface area contributed by atoms with Crippen LogP contribution in [0.2, 0.25) is 0 Å². The molecule has 0 nitrogen and oxygen atoms in total. The zero-order chi connectivity index (χ0) is 0. The molecule has 0 fully saturated rings. The van der Waals surface area contributed by atoms with Crippen molar-refractivity contribution >= 4 is 0 Å². The third kappa shape index (κ3) is 9.93. The van der Waals surface area contributed by atoms with Crippen LogP contribution in [0.3, 0.4) is 0 Å². The summed E-state index contributed by atoms with van der Waals surface area (Å²) in [7, 11) is 0. The van der Waals surface area contributed by atoms with Gasteiger partial charge in [-0.05, 0) is 0 Å². The molecule has 0 aliphatic rings. The van der Waals surface area contributed by atoms with Crippen LogP contribution in [0.5, 0.6) is 0 Å². The van der Waals surface area contributed by atoms with Crippen LogP contribution in [0.25, 0.3) is 0 Å². The van der Waals surface area contributed by atoms with Gasteiger partial charge in [0.25, 0.3) is 0 Å². The van der Waals surface area contributed by atoms with E-state index >= 15 is 0 Å². The van der Waals surface area contributed by atoms with E-state index in [9.17, 15) is 0 Å². The fraction of sp³-hybridized carbons (Fsp3) is 0. The van der Waals surface area contributed by atoms with Crippen LogP contribution >= 0.6 is 0 Å². The molecule has 0 N–H and O–H groups in total. The maximum atomic E-state index is 0. The molecule has 4 heteroatoms. The van der Waals surface area contributed by atoms with Crippen molar-refractivity contribution in [3.05, 3.63) is 0 Å². The first-order valence-corrected chi connectivity index (χ1v) is 0. The monoisotopic (exact) mass is 511 g/mol. The Bertz CT molecular complexity index is 8.00. The molecule has 0 amide bonds. The van der Waals surface area contributed by atoms with Crippen molar-refractivity contribution in [3.8, 4) is 0 Å². The Labute approximate surface area is 140 Å². The van der Waals surface area contributed by atoms with Crippen LogP contribution < -0.4 is 0 Å². The Morgan fingerprint density at radius 2 is 1.00 bits per heavy atom. The molecule has 0 aliphatic heterocycles. The van der Waals surface area contributed by atoms with Crippen molar-refractivity contribution < 1.29 is 144 Å². The van der Waals surface area contributed by atoms with Crippen LogP contribution in [0, 0.1) is 118 Å². The summed E-state index contributed by atoms with van der Waals surface area (Å²) in [6, 6.07) is 0. The molecule has 1 radical (unpaired) electrons. The predicted molar refractivity (Wildman–Crippen MR) is 0 cm³/mol. The summed E-state index contributed by atoms with van der Waals surface area (Å²) in [5, 5.41) is 0. The Balaban J connectivity index is 0. The van der Waals surface area contributed by atoms with E-state index in [1.54, 1.807) is 0 Å². The molecule has 0 saturated heterocycles. The van der Waals surface area contributed by atoms with Crippen molar-refractivity contribution in [1.82, 2.24) is 0 Å². The predicted octanol–water partition coefficient (Wildman–Crippen LogP) is -0.00250. The topological polar surface area (TPSA) is 0 Å². The minimum Gasteiger partial charge on any atom is 0 e. The number of hydrogen-bond acceptors (Lipinski definition) is 0. The average Bonchev–Trinajstić information content (AvgIpc) is 0. The van der Waals surface area contributed by atoms with Gasteiger partial charge in [0.1, 0.15) is 0 Å². The zero-order valence-corrected chi connectivity index (χ0v) is 14.5. The standard InChI is InChI=1S/Ce.La.Nd.Zr. The molecule has 0 bridgehead atoms. The summed E-state index contributed by atoms with van der Waals surface area (Å²) >= 11 is 0. The second-order valence-electron chi connectivity index (χ2n) is 0. The molecule has 0 spiro atoms. The first-order valence-electron chi connectivity index (χ1n) is 0. The molecule has 0 heterocycles. The summed E-state index contributed by atoms with van der Waals surface area (Å²) in [6.45, 7) is 0. The van der Waals surface area contributed by atoms with Crippen molar-refractivity contribution in [1.29, 1.82) is 0 Å². The van der Waals surface area contributed by atoms with Gasteiger partial charge in [-0.25, -0.2) is 0 Å². The zero-order valence-electron chi connectivity index (χ0n) is 2.08. The summed E-state index contributed by atoms with van der Waals surface area (Å²) < 4.78 is 0. The molecule has 0 aliphatic carbocycles. The van der Waals surface area contributed by atoms with Crippen molar-refractivity contribution in [2.24, 2.45) is 0 Å². The quantitative estimate of drug-likeness (QED) is 0.427. The fourth-order valence-electron chi connectivity index (χ4n) is 0. The van der Waals surface area contributed by atoms with E-state index < -0.39 is 0 Å². The van der Waals surface area contributed by atoms with Gasteiger partial charge in [-0.2, -0.15) is 0 Å². The van der Waals surface area contributed by atoms with Crippen LogP contribution in [0.4, 0.5) is 0 Å². The van der Waals surface area contributed by atoms with Crippen molar-refractivity contribution in [2.75, 3.05) is 0 Å². The summed E-state index contributed by atoms with van der Waals surface area (Å²) in [6.07, 6.45) is 0. The van der Waals surface area contributed by atoms with Gasteiger partial charge >= 0.3 is 0 Å². The SMILES string of the molecule is [Ce].[La].[Nd].[Zr]. The third-order valence-electron chi connectivity index (χ3n) is 0. The van der Waals surface area contributed by atoms with Crippen LogP contribution in [0.15, 0.2) is 0 Å². The summed E-state index contributed by atoms with van der Waals surface area (Å²) in [4.78, 5) is 0. The molecular weight excluding hydrogens is 514 g/mol. The minimum absolute atomic E-state index is 0. The van der Waals surface area contributed by atoms with Gasteiger partial charge in [-0.3, -0.25) is 0 Å². The fourth-order valence-corrected chi connectivity index (χ4v) is 0. The van der Waals surface area contributed by atoms with Crippen LogP contribution in [-0.2, 0) is 26.2 Å². The molecule has 0 saturated carbocycles. The van der Waals surface area contributed by atoms with Gasteiger partial charge in [0.2, 0.25) is 0 Å².